The van der Waals surface area contributed by atoms with Crippen molar-refractivity contribution >= 4 is 10.2 Å². The summed E-state index contributed by atoms with van der Waals surface area (Å²) in [7, 11) is 3.82. The number of nitrogens with zero attached hydrogens (tertiary/aromatic N) is 3. The normalized spacial score (nSPS) is 12.8. The van der Waals surface area contributed by atoms with Gasteiger partial charge in [-0.05, 0) is 40.0 Å². The van der Waals surface area contributed by atoms with Crippen LogP contribution in [0.15, 0.2) is 0 Å². The van der Waals surface area contributed by atoms with Crippen molar-refractivity contribution in [2.75, 3.05) is 60.9 Å². The van der Waals surface area contributed by atoms with E-state index in [9.17, 15) is 8.42 Å². The van der Waals surface area contributed by atoms with Crippen molar-refractivity contribution in [3.8, 4) is 0 Å². The van der Waals surface area contributed by atoms with E-state index < -0.39 is 10.2 Å². The molecule has 0 aromatic carbocycles. The molecule has 7 heteroatoms. The third kappa shape index (κ3) is 7.84. The van der Waals surface area contributed by atoms with Crippen molar-refractivity contribution < 1.29 is 8.42 Å². The highest BCUT2D eigenvalue weighted by Gasteiger charge is 2.22. The van der Waals surface area contributed by atoms with E-state index in [4.69, 9.17) is 0 Å². The van der Waals surface area contributed by atoms with E-state index in [1.165, 1.54) is 8.61 Å². The summed E-state index contributed by atoms with van der Waals surface area (Å²) in [5, 5.41) is 3.27. The highest BCUT2D eigenvalue weighted by Crippen LogP contribution is 2.04. The quantitative estimate of drug-likeness (QED) is 0.547. The molecule has 0 heterocycles. The third-order valence-corrected chi connectivity index (χ3v) is 4.84. The van der Waals surface area contributed by atoms with Crippen LogP contribution in [-0.2, 0) is 10.2 Å². The first-order valence-electron chi connectivity index (χ1n) is 6.85. The summed E-state index contributed by atoms with van der Waals surface area (Å²) in [5.74, 6) is 0. The van der Waals surface area contributed by atoms with Crippen LogP contribution in [0.1, 0.15) is 19.8 Å². The lowest BCUT2D eigenvalue weighted by atomic mass is 10.4. The van der Waals surface area contributed by atoms with Gasteiger partial charge in [-0.25, -0.2) is 0 Å². The summed E-state index contributed by atoms with van der Waals surface area (Å²) >= 11 is 0. The Hall–Kier alpha value is -0.210. The minimum atomic E-state index is -3.32. The van der Waals surface area contributed by atoms with E-state index in [1.54, 1.807) is 14.1 Å². The molecule has 0 spiro atoms. The molecular weight excluding hydrogens is 264 g/mol. The van der Waals surface area contributed by atoms with Crippen LogP contribution in [-0.4, -0.2) is 82.8 Å². The minimum absolute atomic E-state index is 0.508. The highest BCUT2D eigenvalue weighted by atomic mass is 32.2. The zero-order valence-corrected chi connectivity index (χ0v) is 13.8. The topological polar surface area (TPSA) is 55.9 Å². The standard InChI is InChI=1S/C12H30N4O2S/c1-6-8-13-9-7-10-15(4)19(17,18)16(5)12-11-14(2)3/h13H,6-12H2,1-5H3. The van der Waals surface area contributed by atoms with E-state index in [2.05, 4.69) is 12.2 Å². The molecular formula is C12H30N4O2S. The molecule has 0 aromatic heterocycles. The molecule has 0 unspecified atom stereocenters. The lowest BCUT2D eigenvalue weighted by Crippen LogP contribution is -2.43. The first-order valence-corrected chi connectivity index (χ1v) is 8.25. The maximum atomic E-state index is 12.2. The smallest absolute Gasteiger partial charge is 0.281 e. The van der Waals surface area contributed by atoms with Gasteiger partial charge < -0.3 is 10.2 Å². The molecule has 0 bridgehead atoms. The van der Waals surface area contributed by atoms with Crippen LogP contribution in [0.3, 0.4) is 0 Å². The van der Waals surface area contributed by atoms with Gasteiger partial charge in [0.1, 0.15) is 0 Å². The van der Waals surface area contributed by atoms with E-state index in [1.807, 2.05) is 19.0 Å². The van der Waals surface area contributed by atoms with Crippen molar-refractivity contribution in [1.29, 1.82) is 0 Å². The predicted molar refractivity (Wildman–Crippen MR) is 80.5 cm³/mol. The molecule has 0 radical (unpaired) electrons. The Morgan fingerprint density at radius 1 is 0.895 bits per heavy atom. The van der Waals surface area contributed by atoms with Gasteiger partial charge in [0.2, 0.25) is 0 Å². The summed E-state index contributed by atoms with van der Waals surface area (Å²) < 4.78 is 27.2. The van der Waals surface area contributed by atoms with Crippen molar-refractivity contribution in [2.45, 2.75) is 19.8 Å². The number of nitrogens with one attached hydrogen (secondary N) is 1. The minimum Gasteiger partial charge on any atom is -0.317 e. The van der Waals surface area contributed by atoms with Gasteiger partial charge in [0.05, 0.1) is 0 Å². The summed E-state index contributed by atoms with van der Waals surface area (Å²) in [6.45, 7) is 5.73. The molecule has 0 amide bonds. The summed E-state index contributed by atoms with van der Waals surface area (Å²) in [4.78, 5) is 1.97. The fraction of sp³-hybridized carbons (Fsp3) is 1.00. The first kappa shape index (κ1) is 18.8. The Morgan fingerprint density at radius 2 is 1.47 bits per heavy atom. The fourth-order valence-electron chi connectivity index (χ4n) is 1.54. The van der Waals surface area contributed by atoms with Gasteiger partial charge in [0.15, 0.2) is 0 Å². The van der Waals surface area contributed by atoms with Crippen LogP contribution in [0.5, 0.6) is 0 Å². The Morgan fingerprint density at radius 3 is 2.00 bits per heavy atom. The molecule has 1 N–H and O–H groups in total. The van der Waals surface area contributed by atoms with Crippen molar-refractivity contribution in [1.82, 2.24) is 18.8 Å². The van der Waals surface area contributed by atoms with Gasteiger partial charge in [-0.2, -0.15) is 17.0 Å². The Labute approximate surface area is 118 Å². The summed E-state index contributed by atoms with van der Waals surface area (Å²) in [5.41, 5.74) is 0. The SMILES string of the molecule is CCCNCCCN(C)S(=O)(=O)N(C)CCN(C)C. The molecule has 0 aliphatic heterocycles. The molecule has 0 atom stereocenters. The number of likely N-dealkylation sites (N-methyl/N-ethyl adjacent to an activating group) is 2. The van der Waals surface area contributed by atoms with Gasteiger partial charge in [0, 0.05) is 33.7 Å². The monoisotopic (exact) mass is 294 g/mol. The van der Waals surface area contributed by atoms with Crippen LogP contribution in [0, 0.1) is 0 Å². The van der Waals surface area contributed by atoms with E-state index in [0.29, 0.717) is 13.1 Å². The second-order valence-electron chi connectivity index (χ2n) is 5.06. The molecule has 6 nitrogen and oxygen atoms in total. The average Bonchev–Trinajstić information content (AvgIpc) is 2.35. The predicted octanol–water partition coefficient (Wildman–Crippen LogP) is 0.0461. The average molecular weight is 294 g/mol. The van der Waals surface area contributed by atoms with Gasteiger partial charge in [0.25, 0.3) is 10.2 Å². The molecule has 0 aromatic rings. The molecule has 116 valence electrons. The Balaban J connectivity index is 4.08. The first-order chi connectivity index (χ1) is 8.82. The molecule has 0 rings (SSSR count). The molecule has 19 heavy (non-hydrogen) atoms. The molecule has 0 aliphatic carbocycles. The highest BCUT2D eigenvalue weighted by molar-refractivity contribution is 7.86. The van der Waals surface area contributed by atoms with Gasteiger partial charge in [-0.15, -0.1) is 0 Å². The van der Waals surface area contributed by atoms with Crippen LogP contribution < -0.4 is 5.32 Å². The largest absolute Gasteiger partial charge is 0.317 e. The number of rotatable bonds is 11. The lowest BCUT2D eigenvalue weighted by Gasteiger charge is -2.25. The van der Waals surface area contributed by atoms with Crippen LogP contribution in [0.4, 0.5) is 0 Å². The number of hydrogen-bond donors (Lipinski definition) is 1. The Bertz CT molecular complexity index is 320. The molecule has 0 saturated heterocycles. The Kier molecular flexibility index (Phi) is 9.55. The van der Waals surface area contributed by atoms with Gasteiger partial charge in [-0.3, -0.25) is 0 Å². The van der Waals surface area contributed by atoms with Gasteiger partial charge in [-0.1, -0.05) is 6.92 Å². The number of hydrogen-bond acceptors (Lipinski definition) is 4. The molecule has 0 fully saturated rings. The van der Waals surface area contributed by atoms with E-state index in [0.717, 1.165) is 32.5 Å². The van der Waals surface area contributed by atoms with Crippen LogP contribution in [0.25, 0.3) is 0 Å². The zero-order chi connectivity index (χ0) is 14.9. The van der Waals surface area contributed by atoms with Crippen molar-refractivity contribution in [2.24, 2.45) is 0 Å². The summed E-state index contributed by atoms with van der Waals surface area (Å²) in [6.07, 6.45) is 1.93. The van der Waals surface area contributed by atoms with E-state index >= 15 is 0 Å². The van der Waals surface area contributed by atoms with Gasteiger partial charge >= 0.3 is 0 Å². The van der Waals surface area contributed by atoms with Crippen LogP contribution in [0.2, 0.25) is 0 Å². The van der Waals surface area contributed by atoms with Crippen molar-refractivity contribution in [3.63, 3.8) is 0 Å². The maximum Gasteiger partial charge on any atom is 0.281 e. The zero-order valence-electron chi connectivity index (χ0n) is 13.0. The molecule has 0 aliphatic rings. The third-order valence-electron chi connectivity index (χ3n) is 2.90. The van der Waals surface area contributed by atoms with Crippen molar-refractivity contribution in [3.05, 3.63) is 0 Å². The van der Waals surface area contributed by atoms with Crippen LogP contribution >= 0.6 is 0 Å². The fourth-order valence-corrected chi connectivity index (χ4v) is 2.69. The second kappa shape index (κ2) is 9.66. The lowest BCUT2D eigenvalue weighted by molar-refractivity contribution is 0.337. The maximum absolute atomic E-state index is 12.2. The molecule has 0 saturated carbocycles. The van der Waals surface area contributed by atoms with E-state index in [-0.39, 0.29) is 0 Å². The second-order valence-corrected chi connectivity index (χ2v) is 7.20. The summed E-state index contributed by atoms with van der Waals surface area (Å²) in [6, 6.07) is 0.